The molecular weight excluding hydrogens is 338 g/mol. The van der Waals surface area contributed by atoms with E-state index in [-0.39, 0.29) is 0 Å². The van der Waals surface area contributed by atoms with Crippen LogP contribution in [-0.2, 0) is 6.42 Å². The number of halogens is 2. The summed E-state index contributed by atoms with van der Waals surface area (Å²) < 4.78 is 26.5. The summed E-state index contributed by atoms with van der Waals surface area (Å²) in [5.41, 5.74) is 1.60. The van der Waals surface area contributed by atoms with Crippen LogP contribution in [0.15, 0.2) is 18.2 Å². The van der Waals surface area contributed by atoms with E-state index in [9.17, 15) is 8.78 Å². The Balaban J connectivity index is 1.49. The van der Waals surface area contributed by atoms with Crippen LogP contribution in [0.25, 0.3) is 0 Å². The van der Waals surface area contributed by atoms with Crippen LogP contribution in [0.5, 0.6) is 0 Å². The van der Waals surface area contributed by atoms with Crippen molar-refractivity contribution in [2.24, 2.45) is 17.3 Å². The summed E-state index contributed by atoms with van der Waals surface area (Å²) >= 11 is 0. The van der Waals surface area contributed by atoms with Crippen molar-refractivity contribution in [3.63, 3.8) is 0 Å². The number of unbranched alkanes of at least 4 members (excludes halogenated alkanes) is 2. The molecule has 0 radical (unpaired) electrons. The highest BCUT2D eigenvalue weighted by Crippen LogP contribution is 2.52. The van der Waals surface area contributed by atoms with E-state index < -0.39 is 11.6 Å². The van der Waals surface area contributed by atoms with Crippen molar-refractivity contribution in [3.05, 3.63) is 35.4 Å². The first-order valence-electron chi connectivity index (χ1n) is 11.6. The second-order valence-corrected chi connectivity index (χ2v) is 9.38. The molecule has 0 N–H and O–H groups in total. The van der Waals surface area contributed by atoms with Gasteiger partial charge in [0, 0.05) is 0 Å². The molecule has 2 heteroatoms. The van der Waals surface area contributed by atoms with Crippen LogP contribution >= 0.6 is 0 Å². The molecule has 0 atom stereocenters. The molecule has 0 aliphatic heterocycles. The third kappa shape index (κ3) is 5.55. The van der Waals surface area contributed by atoms with Gasteiger partial charge in [0.1, 0.15) is 0 Å². The first kappa shape index (κ1) is 20.8. The van der Waals surface area contributed by atoms with Crippen LogP contribution in [0.3, 0.4) is 0 Å². The van der Waals surface area contributed by atoms with Gasteiger partial charge in [-0.25, -0.2) is 8.78 Å². The van der Waals surface area contributed by atoms with Crippen molar-refractivity contribution in [3.8, 4) is 0 Å². The summed E-state index contributed by atoms with van der Waals surface area (Å²) in [7, 11) is 0. The maximum absolute atomic E-state index is 13.4. The average Bonchev–Trinajstić information content (AvgIpc) is 2.70. The number of aryl methyl sites for hydroxylation is 1. The van der Waals surface area contributed by atoms with Crippen molar-refractivity contribution in [2.45, 2.75) is 103 Å². The molecule has 2 saturated carbocycles. The predicted molar refractivity (Wildman–Crippen MR) is 110 cm³/mol. The maximum atomic E-state index is 13.4. The fourth-order valence-corrected chi connectivity index (χ4v) is 5.97. The molecule has 0 amide bonds. The molecule has 1 aromatic carbocycles. The highest BCUT2D eigenvalue weighted by atomic mass is 19.2. The quantitative estimate of drug-likeness (QED) is 0.401. The minimum Gasteiger partial charge on any atom is -0.204 e. The van der Waals surface area contributed by atoms with E-state index in [0.29, 0.717) is 5.41 Å². The molecule has 1 aromatic rings. The van der Waals surface area contributed by atoms with Gasteiger partial charge in [-0.3, -0.25) is 0 Å². The Hall–Kier alpha value is -0.920. The molecular formula is C25H38F2. The first-order valence-corrected chi connectivity index (χ1v) is 11.6. The molecule has 152 valence electrons. The van der Waals surface area contributed by atoms with Crippen molar-refractivity contribution in [2.75, 3.05) is 0 Å². The second kappa shape index (κ2) is 10.0. The molecule has 0 heterocycles. The Morgan fingerprint density at radius 3 is 2.33 bits per heavy atom. The van der Waals surface area contributed by atoms with E-state index >= 15 is 0 Å². The van der Waals surface area contributed by atoms with Crippen molar-refractivity contribution < 1.29 is 8.78 Å². The molecule has 3 rings (SSSR count). The third-order valence-electron chi connectivity index (χ3n) is 7.67. The van der Waals surface area contributed by atoms with Crippen LogP contribution in [0, 0.1) is 28.9 Å². The number of hydrogen-bond donors (Lipinski definition) is 0. The molecule has 0 nitrogen and oxygen atoms in total. The fraction of sp³-hybridized carbons (Fsp3) is 0.760. The van der Waals surface area contributed by atoms with E-state index in [0.717, 1.165) is 30.2 Å². The Kier molecular flexibility index (Phi) is 7.73. The molecule has 0 unspecified atom stereocenters. The van der Waals surface area contributed by atoms with E-state index in [1.807, 2.05) is 0 Å². The summed E-state index contributed by atoms with van der Waals surface area (Å²) in [6.45, 7) is 2.31. The van der Waals surface area contributed by atoms with E-state index in [2.05, 4.69) is 6.92 Å². The van der Waals surface area contributed by atoms with Crippen molar-refractivity contribution in [1.82, 2.24) is 0 Å². The minimum atomic E-state index is -0.736. The molecule has 27 heavy (non-hydrogen) atoms. The average molecular weight is 377 g/mol. The van der Waals surface area contributed by atoms with Gasteiger partial charge in [-0.05, 0) is 79.9 Å². The molecule has 2 fully saturated rings. The standard InChI is InChI=1S/C25H38F2/c1-2-3-5-16-25(17-6-4-7-18-25)22-13-10-20(11-14-22)8-9-21-12-15-23(26)24(27)19-21/h12,15,19-20,22H,2-11,13-14,16-18H2,1H3/t20-,22-. The molecule has 2 aliphatic carbocycles. The van der Waals surface area contributed by atoms with Gasteiger partial charge in [0.25, 0.3) is 0 Å². The lowest BCUT2D eigenvalue weighted by atomic mass is 9.58. The van der Waals surface area contributed by atoms with Gasteiger partial charge >= 0.3 is 0 Å². The number of rotatable bonds is 8. The summed E-state index contributed by atoms with van der Waals surface area (Å²) in [4.78, 5) is 0. The lowest BCUT2D eigenvalue weighted by Gasteiger charge is -2.47. The van der Waals surface area contributed by atoms with Crippen molar-refractivity contribution in [1.29, 1.82) is 0 Å². The third-order valence-corrected chi connectivity index (χ3v) is 7.67. The smallest absolute Gasteiger partial charge is 0.159 e. The van der Waals surface area contributed by atoms with Gasteiger partial charge in [-0.1, -0.05) is 64.4 Å². The lowest BCUT2D eigenvalue weighted by molar-refractivity contribution is 0.0427. The van der Waals surface area contributed by atoms with Gasteiger partial charge in [0.15, 0.2) is 11.6 Å². The number of benzene rings is 1. The summed E-state index contributed by atoms with van der Waals surface area (Å²) in [6, 6.07) is 4.39. The lowest BCUT2D eigenvalue weighted by Crippen LogP contribution is -2.35. The monoisotopic (exact) mass is 376 g/mol. The zero-order valence-electron chi connectivity index (χ0n) is 17.2. The highest BCUT2D eigenvalue weighted by Gasteiger charge is 2.40. The summed E-state index contributed by atoms with van der Waals surface area (Å²) in [5.74, 6) is 0.266. The highest BCUT2D eigenvalue weighted by molar-refractivity contribution is 5.17. The molecule has 2 aliphatic rings. The van der Waals surface area contributed by atoms with Crippen LogP contribution in [0.1, 0.15) is 102 Å². The zero-order chi connectivity index (χ0) is 19.1. The molecule has 0 bridgehead atoms. The fourth-order valence-electron chi connectivity index (χ4n) is 5.97. The van der Waals surface area contributed by atoms with E-state index in [1.54, 1.807) is 6.07 Å². The van der Waals surface area contributed by atoms with Crippen LogP contribution < -0.4 is 0 Å². The second-order valence-electron chi connectivity index (χ2n) is 9.38. The van der Waals surface area contributed by atoms with Crippen LogP contribution in [0.4, 0.5) is 8.78 Å². The SMILES string of the molecule is CCCCCC1([C@H]2CC[C@H](CCc3ccc(F)c(F)c3)CC2)CCCCC1. The predicted octanol–water partition coefficient (Wildman–Crippen LogP) is 8.23. The minimum absolute atomic E-state index is 0.651. The number of hydrogen-bond acceptors (Lipinski definition) is 0. The van der Waals surface area contributed by atoms with E-state index in [1.165, 1.54) is 95.6 Å². The zero-order valence-corrected chi connectivity index (χ0v) is 17.2. The molecule has 0 spiro atoms. The summed E-state index contributed by atoms with van der Waals surface area (Å²) in [6.07, 6.45) is 20.4. The Bertz CT molecular complexity index is 566. The van der Waals surface area contributed by atoms with Crippen LogP contribution in [0.2, 0.25) is 0 Å². The Labute approximate surface area is 165 Å². The van der Waals surface area contributed by atoms with Gasteiger partial charge in [-0.15, -0.1) is 0 Å². The Morgan fingerprint density at radius 1 is 0.926 bits per heavy atom. The van der Waals surface area contributed by atoms with Gasteiger partial charge in [-0.2, -0.15) is 0 Å². The van der Waals surface area contributed by atoms with Gasteiger partial charge < -0.3 is 0 Å². The van der Waals surface area contributed by atoms with E-state index in [4.69, 9.17) is 0 Å². The molecule has 0 saturated heterocycles. The van der Waals surface area contributed by atoms with Crippen LogP contribution in [-0.4, -0.2) is 0 Å². The normalized spacial score (nSPS) is 25.4. The Morgan fingerprint density at radius 2 is 1.67 bits per heavy atom. The van der Waals surface area contributed by atoms with Gasteiger partial charge in [0.05, 0.1) is 0 Å². The molecule has 0 aromatic heterocycles. The maximum Gasteiger partial charge on any atom is 0.159 e. The van der Waals surface area contributed by atoms with Crippen molar-refractivity contribution >= 4 is 0 Å². The first-order chi connectivity index (χ1) is 13.1. The van der Waals surface area contributed by atoms with Gasteiger partial charge in [0.2, 0.25) is 0 Å². The summed E-state index contributed by atoms with van der Waals surface area (Å²) in [5, 5.41) is 0. The topological polar surface area (TPSA) is 0 Å². The largest absolute Gasteiger partial charge is 0.204 e.